The molecule has 0 atom stereocenters. The Balaban J connectivity index is 2.24. The Kier molecular flexibility index (Phi) is 1.80. The van der Waals surface area contributed by atoms with E-state index in [0.717, 1.165) is 0 Å². The summed E-state index contributed by atoms with van der Waals surface area (Å²) in [5.74, 6) is 0. The van der Waals surface area contributed by atoms with Gasteiger partial charge < -0.3 is 4.74 Å². The van der Waals surface area contributed by atoms with Crippen molar-refractivity contribution in [3.63, 3.8) is 0 Å². The van der Waals surface area contributed by atoms with E-state index in [2.05, 4.69) is 13.8 Å². The van der Waals surface area contributed by atoms with Crippen molar-refractivity contribution < 1.29 is 4.74 Å². The molecule has 0 aromatic heterocycles. The van der Waals surface area contributed by atoms with Gasteiger partial charge in [-0.15, -0.1) is 0 Å². The van der Waals surface area contributed by atoms with Gasteiger partial charge in [-0.2, -0.15) is 0 Å². The zero-order chi connectivity index (χ0) is 6.91. The Hall–Kier alpha value is -0.0400. The molecule has 0 aromatic rings. The molecule has 0 aliphatic heterocycles. The highest BCUT2D eigenvalue weighted by Crippen LogP contribution is 2.44. The number of ether oxygens (including phenoxy) is 1. The summed E-state index contributed by atoms with van der Waals surface area (Å²) < 4.78 is 5.18. The van der Waals surface area contributed by atoms with E-state index in [1.807, 2.05) is 0 Å². The number of rotatable bonds is 2. The van der Waals surface area contributed by atoms with Crippen LogP contribution in [-0.4, -0.2) is 13.2 Å². The van der Waals surface area contributed by atoms with Crippen LogP contribution in [0.4, 0.5) is 0 Å². The highest BCUT2D eigenvalue weighted by atomic mass is 16.5. The first-order valence-electron chi connectivity index (χ1n) is 3.73. The molecule has 0 N–H and O–H groups in total. The van der Waals surface area contributed by atoms with Gasteiger partial charge in [-0.25, -0.2) is 0 Å². The van der Waals surface area contributed by atoms with Crippen LogP contribution in [0.15, 0.2) is 0 Å². The van der Waals surface area contributed by atoms with Crippen LogP contribution in [0, 0.1) is 5.41 Å². The molecule has 1 nitrogen and oxygen atoms in total. The van der Waals surface area contributed by atoms with Gasteiger partial charge in [-0.05, 0) is 18.3 Å². The highest BCUT2D eigenvalue weighted by molar-refractivity contribution is 4.89. The largest absolute Gasteiger partial charge is 0.381 e. The lowest BCUT2D eigenvalue weighted by molar-refractivity contribution is -0.0512. The zero-order valence-corrected chi connectivity index (χ0v) is 6.61. The van der Waals surface area contributed by atoms with Gasteiger partial charge in [-0.3, -0.25) is 0 Å². The molecule has 9 heavy (non-hydrogen) atoms. The average molecular weight is 128 g/mol. The van der Waals surface area contributed by atoms with Crippen molar-refractivity contribution in [3.8, 4) is 0 Å². The van der Waals surface area contributed by atoms with E-state index in [1.165, 1.54) is 19.3 Å². The predicted octanol–water partition coefficient (Wildman–Crippen LogP) is 2.21. The fourth-order valence-electron chi connectivity index (χ4n) is 1.49. The van der Waals surface area contributed by atoms with Crippen molar-refractivity contribution in [3.05, 3.63) is 0 Å². The van der Waals surface area contributed by atoms with E-state index in [4.69, 9.17) is 4.74 Å². The summed E-state index contributed by atoms with van der Waals surface area (Å²) in [7, 11) is 1.81. The molecule has 1 saturated carbocycles. The third-order valence-electron chi connectivity index (χ3n) is 2.63. The SMILES string of the molecule is CCC1(C)CC(OC)C1. The summed E-state index contributed by atoms with van der Waals surface area (Å²) in [4.78, 5) is 0. The van der Waals surface area contributed by atoms with Crippen LogP contribution < -0.4 is 0 Å². The lowest BCUT2D eigenvalue weighted by atomic mass is 9.67. The number of hydrogen-bond donors (Lipinski definition) is 0. The van der Waals surface area contributed by atoms with Crippen LogP contribution in [0.25, 0.3) is 0 Å². The average Bonchev–Trinajstić information content (AvgIpc) is 1.81. The lowest BCUT2D eigenvalue weighted by Gasteiger charge is -2.43. The quantitative estimate of drug-likeness (QED) is 0.554. The van der Waals surface area contributed by atoms with Crippen molar-refractivity contribution in [2.75, 3.05) is 7.11 Å². The van der Waals surface area contributed by atoms with Gasteiger partial charge in [0.2, 0.25) is 0 Å². The topological polar surface area (TPSA) is 9.23 Å². The summed E-state index contributed by atoms with van der Waals surface area (Å²) in [6, 6.07) is 0. The Morgan fingerprint density at radius 3 is 2.44 bits per heavy atom. The Bertz CT molecular complexity index is 92.7. The van der Waals surface area contributed by atoms with Crippen molar-refractivity contribution in [2.24, 2.45) is 5.41 Å². The van der Waals surface area contributed by atoms with Crippen LogP contribution >= 0.6 is 0 Å². The molecule has 54 valence electrons. The minimum atomic E-state index is 0.565. The first kappa shape index (κ1) is 7.07. The van der Waals surface area contributed by atoms with Gasteiger partial charge in [0.1, 0.15) is 0 Å². The highest BCUT2D eigenvalue weighted by Gasteiger charge is 2.38. The molecular formula is C8H16O. The molecule has 0 unspecified atom stereocenters. The zero-order valence-electron chi connectivity index (χ0n) is 6.61. The standard InChI is InChI=1S/C8H16O/c1-4-8(2)5-7(6-8)9-3/h7H,4-6H2,1-3H3. The summed E-state index contributed by atoms with van der Waals surface area (Å²) in [6.07, 6.45) is 4.39. The van der Waals surface area contributed by atoms with Crippen molar-refractivity contribution in [1.82, 2.24) is 0 Å². The van der Waals surface area contributed by atoms with Gasteiger partial charge in [0, 0.05) is 7.11 Å². The van der Waals surface area contributed by atoms with Gasteiger partial charge >= 0.3 is 0 Å². The van der Waals surface area contributed by atoms with E-state index in [0.29, 0.717) is 11.5 Å². The fourth-order valence-corrected chi connectivity index (χ4v) is 1.49. The van der Waals surface area contributed by atoms with Gasteiger partial charge in [-0.1, -0.05) is 20.3 Å². The summed E-state index contributed by atoms with van der Waals surface area (Å²) in [5.41, 5.74) is 0.612. The van der Waals surface area contributed by atoms with Gasteiger partial charge in [0.15, 0.2) is 0 Å². The van der Waals surface area contributed by atoms with E-state index < -0.39 is 0 Å². The van der Waals surface area contributed by atoms with Gasteiger partial charge in [0.05, 0.1) is 6.10 Å². The third kappa shape index (κ3) is 1.26. The molecule has 0 amide bonds. The minimum absolute atomic E-state index is 0.565. The van der Waals surface area contributed by atoms with Crippen LogP contribution in [0.5, 0.6) is 0 Å². The van der Waals surface area contributed by atoms with E-state index >= 15 is 0 Å². The maximum atomic E-state index is 5.18. The normalized spacial score (nSPS) is 42.3. The summed E-state index contributed by atoms with van der Waals surface area (Å²) in [6.45, 7) is 4.59. The van der Waals surface area contributed by atoms with Crippen molar-refractivity contribution in [2.45, 2.75) is 39.2 Å². The summed E-state index contributed by atoms with van der Waals surface area (Å²) >= 11 is 0. The number of methoxy groups -OCH3 is 1. The van der Waals surface area contributed by atoms with Crippen LogP contribution in [0.2, 0.25) is 0 Å². The van der Waals surface area contributed by atoms with Crippen LogP contribution in [0.1, 0.15) is 33.1 Å². The Morgan fingerprint density at radius 1 is 1.56 bits per heavy atom. The third-order valence-corrected chi connectivity index (χ3v) is 2.63. The molecule has 1 fully saturated rings. The van der Waals surface area contributed by atoms with E-state index in [1.54, 1.807) is 7.11 Å². The predicted molar refractivity (Wildman–Crippen MR) is 38.4 cm³/mol. The first-order chi connectivity index (χ1) is 4.20. The van der Waals surface area contributed by atoms with Crippen molar-refractivity contribution >= 4 is 0 Å². The van der Waals surface area contributed by atoms with Gasteiger partial charge in [0.25, 0.3) is 0 Å². The Morgan fingerprint density at radius 2 is 2.11 bits per heavy atom. The lowest BCUT2D eigenvalue weighted by Crippen LogP contribution is -2.38. The number of hydrogen-bond acceptors (Lipinski definition) is 1. The minimum Gasteiger partial charge on any atom is -0.381 e. The molecule has 0 spiro atoms. The maximum Gasteiger partial charge on any atom is 0.0581 e. The monoisotopic (exact) mass is 128 g/mol. The second-order valence-electron chi connectivity index (χ2n) is 3.43. The van der Waals surface area contributed by atoms with E-state index in [-0.39, 0.29) is 0 Å². The summed E-state index contributed by atoms with van der Waals surface area (Å²) in [5, 5.41) is 0. The molecule has 0 bridgehead atoms. The second kappa shape index (κ2) is 2.30. The molecule has 1 aliphatic rings. The van der Waals surface area contributed by atoms with Crippen molar-refractivity contribution in [1.29, 1.82) is 0 Å². The van der Waals surface area contributed by atoms with Crippen LogP contribution in [0.3, 0.4) is 0 Å². The maximum absolute atomic E-state index is 5.18. The smallest absolute Gasteiger partial charge is 0.0581 e. The molecule has 1 rings (SSSR count). The first-order valence-corrected chi connectivity index (χ1v) is 3.73. The molecule has 1 aliphatic carbocycles. The molecule has 0 radical (unpaired) electrons. The Labute approximate surface area is 57.4 Å². The molecule has 1 heteroatoms. The van der Waals surface area contributed by atoms with Crippen LogP contribution in [-0.2, 0) is 4.74 Å². The molecular weight excluding hydrogens is 112 g/mol. The second-order valence-corrected chi connectivity index (χ2v) is 3.43. The molecule has 0 heterocycles. The fraction of sp³-hybridized carbons (Fsp3) is 1.00. The molecule has 0 aromatic carbocycles. The molecule has 0 saturated heterocycles. The van der Waals surface area contributed by atoms with E-state index in [9.17, 15) is 0 Å².